The van der Waals surface area contributed by atoms with Crippen molar-refractivity contribution in [1.82, 2.24) is 4.98 Å². The van der Waals surface area contributed by atoms with Gasteiger partial charge in [0, 0.05) is 22.2 Å². The maximum atomic E-state index is 12.3. The van der Waals surface area contributed by atoms with Gasteiger partial charge in [0.05, 0.1) is 12.8 Å². The minimum atomic E-state index is -0.220. The van der Waals surface area contributed by atoms with Gasteiger partial charge in [-0.25, -0.2) is 4.98 Å². The van der Waals surface area contributed by atoms with E-state index >= 15 is 0 Å². The normalized spacial score (nSPS) is 10.3. The van der Waals surface area contributed by atoms with Crippen LogP contribution in [0.3, 0.4) is 0 Å². The highest BCUT2D eigenvalue weighted by atomic mass is 32.1. The summed E-state index contributed by atoms with van der Waals surface area (Å²) in [6.07, 6.45) is 0. The lowest BCUT2D eigenvalue weighted by molar-refractivity contribution is 0.102. The van der Waals surface area contributed by atoms with Gasteiger partial charge in [-0.1, -0.05) is 18.2 Å². The third-order valence-corrected chi connectivity index (χ3v) is 4.02. The molecule has 6 heteroatoms. The Morgan fingerprint density at radius 2 is 2.00 bits per heavy atom. The van der Waals surface area contributed by atoms with E-state index in [1.165, 1.54) is 11.3 Å². The summed E-state index contributed by atoms with van der Waals surface area (Å²) < 4.78 is 5.12. The van der Waals surface area contributed by atoms with Gasteiger partial charge in [0.25, 0.3) is 5.91 Å². The highest BCUT2D eigenvalue weighted by Crippen LogP contribution is 2.26. The summed E-state index contributed by atoms with van der Waals surface area (Å²) in [5.41, 5.74) is 8.66. The van der Waals surface area contributed by atoms with E-state index in [1.54, 1.807) is 31.4 Å². The van der Waals surface area contributed by atoms with Crippen LogP contribution in [0.1, 0.15) is 10.4 Å². The molecule has 0 aliphatic rings. The number of rotatable bonds is 4. The zero-order chi connectivity index (χ0) is 16.2. The summed E-state index contributed by atoms with van der Waals surface area (Å²) in [5.74, 6) is 0.418. The SMILES string of the molecule is COc1cccc(C(=O)Nc2nc(-c3ccc(N)cc3)cs2)c1. The van der Waals surface area contributed by atoms with E-state index in [9.17, 15) is 4.79 Å². The van der Waals surface area contributed by atoms with Gasteiger partial charge >= 0.3 is 0 Å². The number of nitrogens with two attached hydrogens (primary N) is 1. The van der Waals surface area contributed by atoms with Crippen LogP contribution in [0.5, 0.6) is 5.75 Å². The van der Waals surface area contributed by atoms with Gasteiger partial charge in [0.15, 0.2) is 5.13 Å². The fourth-order valence-electron chi connectivity index (χ4n) is 2.05. The van der Waals surface area contributed by atoms with Gasteiger partial charge in [0.1, 0.15) is 5.75 Å². The molecule has 0 unspecified atom stereocenters. The lowest BCUT2D eigenvalue weighted by atomic mass is 10.1. The largest absolute Gasteiger partial charge is 0.497 e. The summed E-state index contributed by atoms with van der Waals surface area (Å²) in [4.78, 5) is 16.7. The van der Waals surface area contributed by atoms with Crippen LogP contribution in [0.2, 0.25) is 0 Å². The molecular formula is C17H15N3O2S. The third kappa shape index (κ3) is 3.49. The smallest absolute Gasteiger partial charge is 0.257 e. The molecule has 5 nitrogen and oxygen atoms in total. The van der Waals surface area contributed by atoms with Crippen LogP contribution in [0, 0.1) is 0 Å². The Labute approximate surface area is 137 Å². The number of carbonyl (C=O) groups is 1. The molecule has 3 aromatic rings. The van der Waals surface area contributed by atoms with Crippen molar-refractivity contribution in [3.8, 4) is 17.0 Å². The monoisotopic (exact) mass is 325 g/mol. The zero-order valence-electron chi connectivity index (χ0n) is 12.4. The van der Waals surface area contributed by atoms with Gasteiger partial charge in [-0.3, -0.25) is 10.1 Å². The molecule has 2 aromatic carbocycles. The minimum absolute atomic E-state index is 0.220. The molecule has 1 aromatic heterocycles. The standard InChI is InChI=1S/C17H15N3O2S/c1-22-14-4-2-3-12(9-14)16(21)20-17-19-15(10-23-17)11-5-7-13(18)8-6-11/h2-10H,18H2,1H3,(H,19,20,21). The molecule has 0 spiro atoms. The van der Waals surface area contributed by atoms with E-state index in [0.29, 0.717) is 22.1 Å². The summed E-state index contributed by atoms with van der Waals surface area (Å²) >= 11 is 1.38. The van der Waals surface area contributed by atoms with E-state index in [2.05, 4.69) is 10.3 Å². The van der Waals surface area contributed by atoms with E-state index in [4.69, 9.17) is 10.5 Å². The molecule has 0 saturated carbocycles. The first-order valence-corrected chi connectivity index (χ1v) is 7.80. The number of nitrogen functional groups attached to an aromatic ring is 1. The van der Waals surface area contributed by atoms with Gasteiger partial charge in [0.2, 0.25) is 0 Å². The molecule has 0 atom stereocenters. The number of thiazole rings is 1. The van der Waals surface area contributed by atoms with E-state index in [0.717, 1.165) is 11.3 Å². The Hall–Kier alpha value is -2.86. The minimum Gasteiger partial charge on any atom is -0.497 e. The van der Waals surface area contributed by atoms with Crippen molar-refractivity contribution >= 4 is 28.1 Å². The van der Waals surface area contributed by atoms with E-state index < -0.39 is 0 Å². The molecule has 116 valence electrons. The summed E-state index contributed by atoms with van der Waals surface area (Å²) in [6.45, 7) is 0. The third-order valence-electron chi connectivity index (χ3n) is 3.26. The predicted molar refractivity (Wildman–Crippen MR) is 92.9 cm³/mol. The summed E-state index contributed by atoms with van der Waals surface area (Å²) in [6, 6.07) is 14.4. The first-order chi connectivity index (χ1) is 11.2. The molecule has 0 fully saturated rings. The highest BCUT2D eigenvalue weighted by molar-refractivity contribution is 7.14. The van der Waals surface area contributed by atoms with Crippen molar-refractivity contribution in [2.45, 2.75) is 0 Å². The van der Waals surface area contributed by atoms with Crippen molar-refractivity contribution in [2.24, 2.45) is 0 Å². The summed E-state index contributed by atoms with van der Waals surface area (Å²) in [5, 5.41) is 5.24. The number of carbonyl (C=O) groups excluding carboxylic acids is 1. The molecule has 1 heterocycles. The maximum Gasteiger partial charge on any atom is 0.257 e. The number of ether oxygens (including phenoxy) is 1. The number of anilines is 2. The molecule has 23 heavy (non-hydrogen) atoms. The zero-order valence-corrected chi connectivity index (χ0v) is 13.3. The fraction of sp³-hybridized carbons (Fsp3) is 0.0588. The van der Waals surface area contributed by atoms with Gasteiger partial charge in [-0.2, -0.15) is 0 Å². The fourth-order valence-corrected chi connectivity index (χ4v) is 2.77. The van der Waals surface area contributed by atoms with Gasteiger partial charge < -0.3 is 10.5 Å². The Balaban J connectivity index is 1.75. The molecular weight excluding hydrogens is 310 g/mol. The van der Waals surface area contributed by atoms with Gasteiger partial charge in [-0.15, -0.1) is 11.3 Å². The number of methoxy groups -OCH3 is 1. The molecule has 0 aliphatic heterocycles. The van der Waals surface area contributed by atoms with Crippen molar-refractivity contribution in [2.75, 3.05) is 18.2 Å². The molecule has 0 radical (unpaired) electrons. The molecule has 0 aliphatic carbocycles. The molecule has 0 bridgehead atoms. The molecule has 3 rings (SSSR count). The number of nitrogens with one attached hydrogen (secondary N) is 1. The van der Waals surface area contributed by atoms with Crippen molar-refractivity contribution in [3.05, 3.63) is 59.5 Å². The number of hydrogen-bond donors (Lipinski definition) is 2. The van der Waals surface area contributed by atoms with Crippen LogP contribution < -0.4 is 15.8 Å². The topological polar surface area (TPSA) is 77.2 Å². The van der Waals surface area contributed by atoms with Crippen LogP contribution in [0.25, 0.3) is 11.3 Å². The van der Waals surface area contributed by atoms with Crippen LogP contribution in [0.15, 0.2) is 53.9 Å². The number of nitrogens with zero attached hydrogens (tertiary/aromatic N) is 1. The van der Waals surface area contributed by atoms with Crippen molar-refractivity contribution in [1.29, 1.82) is 0 Å². The lowest BCUT2D eigenvalue weighted by Gasteiger charge is -2.04. The Bertz CT molecular complexity index is 828. The van der Waals surface area contributed by atoms with Crippen LogP contribution in [-0.2, 0) is 0 Å². The molecule has 1 amide bonds. The first-order valence-electron chi connectivity index (χ1n) is 6.92. The van der Waals surface area contributed by atoms with Crippen LogP contribution in [0.4, 0.5) is 10.8 Å². The van der Waals surface area contributed by atoms with E-state index in [-0.39, 0.29) is 5.91 Å². The summed E-state index contributed by atoms with van der Waals surface area (Å²) in [7, 11) is 1.57. The van der Waals surface area contributed by atoms with Crippen LogP contribution >= 0.6 is 11.3 Å². The molecule has 3 N–H and O–H groups in total. The number of aromatic nitrogens is 1. The quantitative estimate of drug-likeness (QED) is 0.718. The average Bonchev–Trinajstić information content (AvgIpc) is 3.04. The Morgan fingerprint density at radius 3 is 2.74 bits per heavy atom. The maximum absolute atomic E-state index is 12.3. The average molecular weight is 325 g/mol. The number of amides is 1. The highest BCUT2D eigenvalue weighted by Gasteiger charge is 2.10. The first kappa shape index (κ1) is 15.1. The van der Waals surface area contributed by atoms with Crippen molar-refractivity contribution in [3.63, 3.8) is 0 Å². The Morgan fingerprint density at radius 1 is 1.22 bits per heavy atom. The Kier molecular flexibility index (Phi) is 4.25. The van der Waals surface area contributed by atoms with Gasteiger partial charge in [-0.05, 0) is 30.3 Å². The van der Waals surface area contributed by atoms with Crippen LogP contribution in [-0.4, -0.2) is 18.0 Å². The predicted octanol–water partition coefficient (Wildman–Crippen LogP) is 3.65. The second-order valence-corrected chi connectivity index (χ2v) is 5.70. The van der Waals surface area contributed by atoms with E-state index in [1.807, 2.05) is 29.6 Å². The second-order valence-electron chi connectivity index (χ2n) is 4.85. The number of benzene rings is 2. The second kappa shape index (κ2) is 6.50. The lowest BCUT2D eigenvalue weighted by Crippen LogP contribution is -2.11. The van der Waals surface area contributed by atoms with Crippen molar-refractivity contribution < 1.29 is 9.53 Å². The number of hydrogen-bond acceptors (Lipinski definition) is 5. The molecule has 0 saturated heterocycles.